The van der Waals surface area contributed by atoms with Crippen molar-refractivity contribution < 1.29 is 0 Å². The smallest absolute Gasteiger partial charge is 0.0839 e. The van der Waals surface area contributed by atoms with Gasteiger partial charge in [-0.25, -0.2) is 0 Å². The third-order valence-electron chi connectivity index (χ3n) is 3.53. The van der Waals surface area contributed by atoms with Crippen LogP contribution >= 0.6 is 0 Å². The summed E-state index contributed by atoms with van der Waals surface area (Å²) in [4.78, 5) is 2.43. The number of likely N-dealkylation sites (tertiary alicyclic amines) is 1. The summed E-state index contributed by atoms with van der Waals surface area (Å²) in [6.07, 6.45) is 3.91. The molecule has 2 rings (SSSR count). The summed E-state index contributed by atoms with van der Waals surface area (Å²) in [5.74, 6) is 0.0219. The molecule has 0 bridgehead atoms. The molecule has 2 nitrogen and oxygen atoms in total. The topological polar surface area (TPSA) is 27.0 Å². The van der Waals surface area contributed by atoms with Crippen LogP contribution in [-0.4, -0.2) is 24.5 Å². The molecule has 1 aromatic carbocycles. The lowest BCUT2D eigenvalue weighted by molar-refractivity contribution is 0.225. The molecule has 2 heteroatoms. The maximum Gasteiger partial charge on any atom is 0.0839 e. The summed E-state index contributed by atoms with van der Waals surface area (Å²) >= 11 is 0. The molecular weight excluding hydrogens is 208 g/mol. The Morgan fingerprint density at radius 2 is 1.82 bits per heavy atom. The Balaban J connectivity index is 2.01. The molecule has 1 heterocycles. The van der Waals surface area contributed by atoms with E-state index in [4.69, 9.17) is 0 Å². The van der Waals surface area contributed by atoms with Crippen LogP contribution in [-0.2, 0) is 0 Å². The van der Waals surface area contributed by atoms with Gasteiger partial charge in [0.25, 0.3) is 0 Å². The molecule has 1 atom stereocenters. The van der Waals surface area contributed by atoms with Gasteiger partial charge in [0.15, 0.2) is 0 Å². The molecule has 1 saturated heterocycles. The first-order valence-electron chi connectivity index (χ1n) is 6.48. The highest BCUT2D eigenvalue weighted by molar-refractivity contribution is 5.28. The highest BCUT2D eigenvalue weighted by Gasteiger charge is 2.17. The van der Waals surface area contributed by atoms with Gasteiger partial charge in [-0.05, 0) is 38.4 Å². The molecule has 0 aromatic heterocycles. The van der Waals surface area contributed by atoms with Crippen LogP contribution in [0.5, 0.6) is 0 Å². The zero-order chi connectivity index (χ0) is 12.1. The van der Waals surface area contributed by atoms with Crippen molar-refractivity contribution in [1.82, 2.24) is 4.90 Å². The predicted octanol–water partition coefficient (Wildman–Crippen LogP) is 3.09. The van der Waals surface area contributed by atoms with E-state index < -0.39 is 0 Å². The van der Waals surface area contributed by atoms with Crippen LogP contribution in [0.2, 0.25) is 0 Å². The average Bonchev–Trinajstić information content (AvgIpc) is 2.38. The fourth-order valence-corrected chi connectivity index (χ4v) is 2.42. The van der Waals surface area contributed by atoms with Crippen LogP contribution in [0.25, 0.3) is 0 Å². The highest BCUT2D eigenvalue weighted by Crippen LogP contribution is 2.19. The van der Waals surface area contributed by atoms with Crippen LogP contribution in [0, 0.1) is 18.3 Å². The van der Waals surface area contributed by atoms with Gasteiger partial charge in [0.1, 0.15) is 0 Å². The van der Waals surface area contributed by atoms with Gasteiger partial charge in [-0.15, -0.1) is 0 Å². The van der Waals surface area contributed by atoms with Gasteiger partial charge in [-0.1, -0.05) is 36.2 Å². The Morgan fingerprint density at radius 3 is 2.41 bits per heavy atom. The average molecular weight is 228 g/mol. The molecule has 0 spiro atoms. The first kappa shape index (κ1) is 12.1. The Hall–Kier alpha value is -1.33. The van der Waals surface area contributed by atoms with E-state index in [1.165, 1.54) is 24.8 Å². The molecule has 0 amide bonds. The van der Waals surface area contributed by atoms with Crippen molar-refractivity contribution in [2.75, 3.05) is 19.6 Å². The SMILES string of the molecule is Cc1ccc(C(C#N)CN2CCCCC2)cc1. The third kappa shape index (κ3) is 3.31. The van der Waals surface area contributed by atoms with Crippen LogP contribution in [0.4, 0.5) is 0 Å². The predicted molar refractivity (Wildman–Crippen MR) is 69.8 cm³/mol. The lowest BCUT2D eigenvalue weighted by atomic mass is 9.98. The van der Waals surface area contributed by atoms with Crippen LogP contribution < -0.4 is 0 Å². The Kier molecular flexibility index (Phi) is 4.17. The normalized spacial score (nSPS) is 18.6. The van der Waals surface area contributed by atoms with E-state index in [0.717, 1.165) is 25.2 Å². The minimum atomic E-state index is 0.0219. The summed E-state index contributed by atoms with van der Waals surface area (Å²) in [5, 5.41) is 9.30. The number of benzene rings is 1. The van der Waals surface area contributed by atoms with Gasteiger partial charge in [0.05, 0.1) is 12.0 Å². The molecule has 1 aliphatic heterocycles. The first-order chi connectivity index (χ1) is 8.29. The molecule has 1 aromatic rings. The maximum atomic E-state index is 9.30. The first-order valence-corrected chi connectivity index (χ1v) is 6.48. The minimum Gasteiger partial charge on any atom is -0.302 e. The molecule has 1 aliphatic rings. The van der Waals surface area contributed by atoms with E-state index in [-0.39, 0.29) is 5.92 Å². The lowest BCUT2D eigenvalue weighted by Crippen LogP contribution is -2.33. The van der Waals surface area contributed by atoms with Gasteiger partial charge >= 0.3 is 0 Å². The molecule has 0 saturated carbocycles. The summed E-state index contributed by atoms with van der Waals surface area (Å²) in [5.41, 5.74) is 2.41. The van der Waals surface area contributed by atoms with Gasteiger partial charge < -0.3 is 4.90 Å². The zero-order valence-corrected chi connectivity index (χ0v) is 10.5. The molecule has 90 valence electrons. The van der Waals surface area contributed by atoms with Gasteiger partial charge in [0.2, 0.25) is 0 Å². The third-order valence-corrected chi connectivity index (χ3v) is 3.53. The van der Waals surface area contributed by atoms with Crippen molar-refractivity contribution in [3.05, 3.63) is 35.4 Å². The standard InChI is InChI=1S/C15H20N2/c1-13-5-7-14(8-6-13)15(11-16)12-17-9-3-2-4-10-17/h5-8,15H,2-4,9-10,12H2,1H3. The van der Waals surface area contributed by atoms with Crippen molar-refractivity contribution in [3.63, 3.8) is 0 Å². The van der Waals surface area contributed by atoms with E-state index in [1.54, 1.807) is 0 Å². The fourth-order valence-electron chi connectivity index (χ4n) is 2.42. The molecule has 1 unspecified atom stereocenters. The molecule has 17 heavy (non-hydrogen) atoms. The summed E-state index contributed by atoms with van der Waals surface area (Å²) < 4.78 is 0. The maximum absolute atomic E-state index is 9.30. The van der Waals surface area contributed by atoms with E-state index in [1.807, 2.05) is 0 Å². The Bertz CT molecular complexity index is 382. The number of piperidine rings is 1. The second-order valence-corrected chi connectivity index (χ2v) is 4.95. The molecule has 0 N–H and O–H groups in total. The van der Waals surface area contributed by atoms with Crippen molar-refractivity contribution in [1.29, 1.82) is 5.26 Å². The summed E-state index contributed by atoms with van der Waals surface area (Å²) in [6, 6.07) is 10.8. The minimum absolute atomic E-state index is 0.0219. The number of nitrogens with zero attached hydrogens (tertiary/aromatic N) is 2. The van der Waals surface area contributed by atoms with Crippen LogP contribution in [0.1, 0.15) is 36.3 Å². The van der Waals surface area contributed by atoms with Crippen molar-refractivity contribution in [2.45, 2.75) is 32.1 Å². The lowest BCUT2D eigenvalue weighted by Gasteiger charge is -2.28. The summed E-state index contributed by atoms with van der Waals surface area (Å²) in [7, 11) is 0. The number of hydrogen-bond donors (Lipinski definition) is 0. The Labute approximate surface area is 104 Å². The van der Waals surface area contributed by atoms with Gasteiger partial charge in [-0.2, -0.15) is 5.26 Å². The van der Waals surface area contributed by atoms with Crippen molar-refractivity contribution in [3.8, 4) is 6.07 Å². The van der Waals surface area contributed by atoms with Crippen LogP contribution in [0.15, 0.2) is 24.3 Å². The largest absolute Gasteiger partial charge is 0.302 e. The second-order valence-electron chi connectivity index (χ2n) is 4.95. The van der Waals surface area contributed by atoms with Crippen LogP contribution in [0.3, 0.4) is 0 Å². The number of aryl methyl sites for hydroxylation is 1. The molecule has 0 aliphatic carbocycles. The van der Waals surface area contributed by atoms with Gasteiger partial charge in [-0.3, -0.25) is 0 Å². The van der Waals surface area contributed by atoms with Crippen molar-refractivity contribution in [2.24, 2.45) is 0 Å². The molecular formula is C15H20N2. The van der Waals surface area contributed by atoms with E-state index in [2.05, 4.69) is 42.2 Å². The second kappa shape index (κ2) is 5.84. The monoisotopic (exact) mass is 228 g/mol. The summed E-state index contributed by atoms with van der Waals surface area (Å²) in [6.45, 7) is 5.28. The number of hydrogen-bond acceptors (Lipinski definition) is 2. The quantitative estimate of drug-likeness (QED) is 0.795. The van der Waals surface area contributed by atoms with E-state index >= 15 is 0 Å². The number of nitriles is 1. The fraction of sp³-hybridized carbons (Fsp3) is 0.533. The number of rotatable bonds is 3. The highest BCUT2D eigenvalue weighted by atomic mass is 15.1. The molecule has 1 fully saturated rings. The Morgan fingerprint density at radius 1 is 1.18 bits per heavy atom. The van der Waals surface area contributed by atoms with Gasteiger partial charge in [0, 0.05) is 6.54 Å². The molecule has 0 radical (unpaired) electrons. The zero-order valence-electron chi connectivity index (χ0n) is 10.5. The van der Waals surface area contributed by atoms with E-state index in [9.17, 15) is 5.26 Å². The van der Waals surface area contributed by atoms with E-state index in [0.29, 0.717) is 0 Å². The van der Waals surface area contributed by atoms with Crippen molar-refractivity contribution >= 4 is 0 Å².